The lowest BCUT2D eigenvalue weighted by Gasteiger charge is -2.36. The molecule has 3 heterocycles. The number of nitrogens with zero attached hydrogens (tertiary/aromatic N) is 5. The fourth-order valence-corrected chi connectivity index (χ4v) is 3.70. The lowest BCUT2D eigenvalue weighted by atomic mass is 10.2. The molecule has 6 nitrogen and oxygen atoms in total. The van der Waals surface area contributed by atoms with E-state index in [-0.39, 0.29) is 10.6 Å². The lowest BCUT2D eigenvalue weighted by molar-refractivity contribution is 0.249. The van der Waals surface area contributed by atoms with Crippen molar-refractivity contribution in [1.29, 1.82) is 0 Å². The predicted octanol–water partition coefficient (Wildman–Crippen LogP) is 2.66. The molecule has 0 atom stereocenters. The molecule has 0 saturated carbocycles. The maximum absolute atomic E-state index is 12.7. The molecule has 3 aromatic rings. The average Bonchev–Trinajstić information content (AvgIpc) is 2.74. The minimum absolute atomic E-state index is 0.244. The zero-order chi connectivity index (χ0) is 19.3. The van der Waals surface area contributed by atoms with Gasteiger partial charge in [-0.3, -0.25) is 14.7 Å². The predicted molar refractivity (Wildman–Crippen MR) is 111 cm³/mol. The second kappa shape index (κ2) is 8.54. The van der Waals surface area contributed by atoms with Gasteiger partial charge in [-0.25, -0.2) is 4.68 Å². The van der Waals surface area contributed by atoms with E-state index in [4.69, 9.17) is 11.6 Å². The summed E-state index contributed by atoms with van der Waals surface area (Å²) in [5.41, 5.74) is 2.75. The Morgan fingerprint density at radius 1 is 0.893 bits per heavy atom. The summed E-state index contributed by atoms with van der Waals surface area (Å²) in [7, 11) is 0. The lowest BCUT2D eigenvalue weighted by Crippen LogP contribution is -2.46. The van der Waals surface area contributed by atoms with E-state index in [0.717, 1.165) is 44.0 Å². The summed E-state index contributed by atoms with van der Waals surface area (Å²) in [4.78, 5) is 21.3. The van der Waals surface area contributed by atoms with E-state index in [9.17, 15) is 4.79 Å². The first-order chi connectivity index (χ1) is 13.7. The third kappa shape index (κ3) is 4.24. The molecule has 0 amide bonds. The number of halogens is 1. The Labute approximate surface area is 169 Å². The maximum Gasteiger partial charge on any atom is 0.287 e. The molecule has 0 radical (unpaired) electrons. The molecular formula is C21H22ClN5O. The van der Waals surface area contributed by atoms with Gasteiger partial charge in [-0.05, 0) is 23.3 Å². The highest BCUT2D eigenvalue weighted by Gasteiger charge is 2.21. The molecule has 1 aromatic carbocycles. The van der Waals surface area contributed by atoms with Crippen LogP contribution in [0.4, 0.5) is 5.69 Å². The Hall–Kier alpha value is -2.70. The van der Waals surface area contributed by atoms with E-state index in [2.05, 4.69) is 19.9 Å². The Bertz CT molecular complexity index is 969. The molecule has 7 heteroatoms. The van der Waals surface area contributed by atoms with E-state index < -0.39 is 0 Å². The summed E-state index contributed by atoms with van der Waals surface area (Å²) in [5.74, 6) is 0. The standard InChI is InChI=1S/C21H22ClN5O/c22-20-19(14-24-27(21(20)28)16-17-4-2-1-3-5-17)26-12-10-25(11-13-26)15-18-6-8-23-9-7-18/h1-9,14H,10-13,15-16H2. The minimum Gasteiger partial charge on any atom is -0.366 e. The van der Waals surface area contributed by atoms with Crippen LogP contribution >= 0.6 is 11.6 Å². The number of aromatic nitrogens is 3. The quantitative estimate of drug-likeness (QED) is 0.664. The summed E-state index contributed by atoms with van der Waals surface area (Å²) in [5, 5.41) is 4.60. The van der Waals surface area contributed by atoms with Crippen LogP contribution in [0.2, 0.25) is 5.02 Å². The van der Waals surface area contributed by atoms with Crippen LogP contribution < -0.4 is 10.5 Å². The van der Waals surface area contributed by atoms with Crippen molar-refractivity contribution in [2.45, 2.75) is 13.1 Å². The summed E-state index contributed by atoms with van der Waals surface area (Å²) in [6.45, 7) is 4.77. The maximum atomic E-state index is 12.7. The van der Waals surface area contributed by atoms with Gasteiger partial charge in [-0.15, -0.1) is 0 Å². The topological polar surface area (TPSA) is 54.3 Å². The van der Waals surface area contributed by atoms with Crippen molar-refractivity contribution in [3.63, 3.8) is 0 Å². The number of hydrogen-bond acceptors (Lipinski definition) is 5. The monoisotopic (exact) mass is 395 g/mol. The molecule has 1 saturated heterocycles. The van der Waals surface area contributed by atoms with Gasteiger partial charge in [-0.2, -0.15) is 5.10 Å². The molecule has 0 unspecified atom stereocenters. The first kappa shape index (κ1) is 18.7. The van der Waals surface area contributed by atoms with Crippen molar-refractivity contribution >= 4 is 17.3 Å². The third-order valence-corrected chi connectivity index (χ3v) is 5.37. The molecule has 1 aliphatic heterocycles. The number of rotatable bonds is 5. The van der Waals surface area contributed by atoms with Crippen LogP contribution in [0.25, 0.3) is 0 Å². The number of hydrogen-bond donors (Lipinski definition) is 0. The highest BCUT2D eigenvalue weighted by Crippen LogP contribution is 2.23. The smallest absolute Gasteiger partial charge is 0.287 e. The van der Waals surface area contributed by atoms with Crippen LogP contribution in [0.5, 0.6) is 0 Å². The van der Waals surface area contributed by atoms with Crippen molar-refractivity contribution < 1.29 is 0 Å². The summed E-state index contributed by atoms with van der Waals surface area (Å²) < 4.78 is 1.42. The Kier molecular flexibility index (Phi) is 5.69. The van der Waals surface area contributed by atoms with Crippen LogP contribution in [0.3, 0.4) is 0 Å². The Morgan fingerprint density at radius 3 is 2.29 bits per heavy atom. The largest absolute Gasteiger partial charge is 0.366 e. The van der Waals surface area contributed by atoms with Crippen LogP contribution in [0.1, 0.15) is 11.1 Å². The van der Waals surface area contributed by atoms with E-state index in [1.807, 2.05) is 54.9 Å². The Balaban J connectivity index is 1.42. The van der Waals surface area contributed by atoms with E-state index in [0.29, 0.717) is 6.54 Å². The zero-order valence-electron chi connectivity index (χ0n) is 15.5. The molecular weight excluding hydrogens is 374 g/mol. The average molecular weight is 396 g/mol. The van der Waals surface area contributed by atoms with E-state index >= 15 is 0 Å². The molecule has 28 heavy (non-hydrogen) atoms. The van der Waals surface area contributed by atoms with E-state index in [1.165, 1.54) is 10.2 Å². The SMILES string of the molecule is O=c1c(Cl)c(N2CCN(Cc3ccncc3)CC2)cnn1Cc1ccccc1. The fraction of sp³-hybridized carbons (Fsp3) is 0.286. The summed E-state index contributed by atoms with van der Waals surface area (Å²) in [6.07, 6.45) is 5.36. The normalized spacial score (nSPS) is 15.0. The number of anilines is 1. The van der Waals surface area contributed by atoms with Crippen LogP contribution in [-0.2, 0) is 13.1 Å². The molecule has 4 rings (SSSR count). The number of benzene rings is 1. The summed E-state index contributed by atoms with van der Waals surface area (Å²) in [6, 6.07) is 13.9. The molecule has 0 spiro atoms. The zero-order valence-corrected chi connectivity index (χ0v) is 16.3. The highest BCUT2D eigenvalue weighted by atomic mass is 35.5. The van der Waals surface area contributed by atoms with Gasteiger partial charge in [0, 0.05) is 45.1 Å². The second-order valence-electron chi connectivity index (χ2n) is 6.91. The van der Waals surface area contributed by atoms with Crippen LogP contribution in [0, 0.1) is 0 Å². The van der Waals surface area contributed by atoms with Gasteiger partial charge in [0.1, 0.15) is 5.02 Å². The highest BCUT2D eigenvalue weighted by molar-refractivity contribution is 6.33. The first-order valence-electron chi connectivity index (χ1n) is 9.36. The van der Waals surface area contributed by atoms with Crippen molar-refractivity contribution in [3.05, 3.63) is 87.6 Å². The number of piperazine rings is 1. The third-order valence-electron chi connectivity index (χ3n) is 5.01. The molecule has 0 N–H and O–H groups in total. The molecule has 2 aromatic heterocycles. The van der Waals surface area contributed by atoms with Crippen LogP contribution in [-0.4, -0.2) is 45.8 Å². The second-order valence-corrected chi connectivity index (χ2v) is 7.29. The van der Waals surface area contributed by atoms with Gasteiger partial charge in [0.2, 0.25) is 0 Å². The van der Waals surface area contributed by atoms with E-state index in [1.54, 1.807) is 6.20 Å². The summed E-state index contributed by atoms with van der Waals surface area (Å²) >= 11 is 6.43. The minimum atomic E-state index is -0.248. The fourth-order valence-electron chi connectivity index (χ4n) is 3.44. The van der Waals surface area contributed by atoms with Crippen LogP contribution in [0.15, 0.2) is 65.8 Å². The molecule has 144 valence electrons. The van der Waals surface area contributed by atoms with Crippen molar-refractivity contribution in [1.82, 2.24) is 19.7 Å². The van der Waals surface area contributed by atoms with Gasteiger partial charge in [0.25, 0.3) is 5.56 Å². The van der Waals surface area contributed by atoms with Gasteiger partial charge < -0.3 is 4.90 Å². The molecule has 0 bridgehead atoms. The molecule has 1 aliphatic rings. The van der Waals surface area contributed by atoms with Crippen molar-refractivity contribution in [2.75, 3.05) is 31.1 Å². The number of pyridine rings is 1. The van der Waals surface area contributed by atoms with Gasteiger partial charge in [0.05, 0.1) is 18.4 Å². The first-order valence-corrected chi connectivity index (χ1v) is 9.74. The van der Waals surface area contributed by atoms with Crippen molar-refractivity contribution in [2.24, 2.45) is 0 Å². The molecule has 1 fully saturated rings. The van der Waals surface area contributed by atoms with Gasteiger partial charge in [0.15, 0.2) is 0 Å². The van der Waals surface area contributed by atoms with Crippen molar-refractivity contribution in [3.8, 4) is 0 Å². The van der Waals surface area contributed by atoms with Gasteiger partial charge >= 0.3 is 0 Å². The molecule has 0 aliphatic carbocycles. The van der Waals surface area contributed by atoms with Gasteiger partial charge in [-0.1, -0.05) is 41.9 Å². The Morgan fingerprint density at radius 2 is 1.57 bits per heavy atom.